The molecule has 0 radical (unpaired) electrons. The van der Waals surface area contributed by atoms with E-state index >= 15 is 0 Å². The molecule has 0 aliphatic carbocycles. The van der Waals surface area contributed by atoms with Gasteiger partial charge in [0.2, 0.25) is 0 Å². The van der Waals surface area contributed by atoms with E-state index in [1.54, 1.807) is 12.1 Å². The molecule has 104 valence electrons. The van der Waals surface area contributed by atoms with Crippen molar-refractivity contribution >= 4 is 27.3 Å². The maximum absolute atomic E-state index is 12.1. The Hall–Kier alpha value is -2.01. The summed E-state index contributed by atoms with van der Waals surface area (Å²) in [6.45, 7) is -0.324. The predicted octanol–water partition coefficient (Wildman–Crippen LogP) is 1.21. The lowest BCUT2D eigenvalue weighted by molar-refractivity contribution is 0.350. The van der Waals surface area contributed by atoms with Crippen LogP contribution in [0.15, 0.2) is 35.7 Å². The molecule has 0 bridgehead atoms. The minimum Gasteiger partial charge on any atom is -0.384 e. The van der Waals surface area contributed by atoms with Crippen LogP contribution in [0.5, 0.6) is 0 Å². The average Bonchev–Trinajstić information content (AvgIpc) is 2.92. The smallest absolute Gasteiger partial charge is 0.279 e. The Morgan fingerprint density at radius 3 is 2.90 bits per heavy atom. The Labute approximate surface area is 120 Å². The maximum atomic E-state index is 12.1. The molecule has 1 heterocycles. The van der Waals surface area contributed by atoms with Gasteiger partial charge in [0.25, 0.3) is 10.0 Å². The molecular weight excluding hydrogens is 302 g/mol. The number of halogens is 1. The van der Waals surface area contributed by atoms with Gasteiger partial charge in [-0.05, 0) is 18.2 Å². The van der Waals surface area contributed by atoms with Crippen LogP contribution in [0.3, 0.4) is 0 Å². The number of imidazole rings is 1. The Bertz CT molecular complexity index is 761. The molecule has 0 fully saturated rings. The Balaban J connectivity index is 2.40. The van der Waals surface area contributed by atoms with Gasteiger partial charge < -0.3 is 10.1 Å². The van der Waals surface area contributed by atoms with Crippen LogP contribution in [-0.4, -0.2) is 30.1 Å². The monoisotopic (exact) mass is 311 g/mol. The number of H-pyrrole nitrogens is 1. The van der Waals surface area contributed by atoms with E-state index in [2.05, 4.69) is 26.5 Å². The first-order chi connectivity index (χ1) is 9.53. The topological polar surface area (TPSA) is 95.1 Å². The Morgan fingerprint density at radius 1 is 1.45 bits per heavy atom. The van der Waals surface area contributed by atoms with Gasteiger partial charge >= 0.3 is 0 Å². The van der Waals surface area contributed by atoms with Crippen molar-refractivity contribution in [1.82, 2.24) is 9.97 Å². The average molecular weight is 312 g/mol. The summed E-state index contributed by atoms with van der Waals surface area (Å²) < 4.78 is 26.5. The molecule has 2 aromatic rings. The number of hydrogen-bond donors (Lipinski definition) is 3. The molecule has 3 N–H and O–H groups in total. The number of benzene rings is 1. The van der Waals surface area contributed by atoms with Gasteiger partial charge in [0, 0.05) is 10.6 Å². The van der Waals surface area contributed by atoms with Crippen LogP contribution in [0.1, 0.15) is 5.56 Å². The summed E-state index contributed by atoms with van der Waals surface area (Å²) in [7, 11) is -3.79. The summed E-state index contributed by atoms with van der Waals surface area (Å²) in [6.07, 6.45) is 2.45. The van der Waals surface area contributed by atoms with Crippen molar-refractivity contribution < 1.29 is 13.5 Å². The molecule has 1 aromatic carbocycles. The fourth-order valence-corrected chi connectivity index (χ4v) is 2.58. The third-order valence-corrected chi connectivity index (χ3v) is 3.82. The maximum Gasteiger partial charge on any atom is 0.279 e. The van der Waals surface area contributed by atoms with Crippen LogP contribution in [0.4, 0.5) is 5.69 Å². The highest BCUT2D eigenvalue weighted by molar-refractivity contribution is 7.92. The van der Waals surface area contributed by atoms with Crippen molar-refractivity contribution in [2.24, 2.45) is 0 Å². The summed E-state index contributed by atoms with van der Waals surface area (Å²) >= 11 is 5.85. The highest BCUT2D eigenvalue weighted by atomic mass is 35.5. The van der Waals surface area contributed by atoms with E-state index in [1.165, 1.54) is 18.6 Å². The summed E-state index contributed by atoms with van der Waals surface area (Å²) in [5.41, 5.74) is 0.639. The zero-order chi connectivity index (χ0) is 14.6. The molecule has 6 nitrogen and oxygen atoms in total. The fraction of sp³-hybridized carbons (Fsp3) is 0.0833. The largest absolute Gasteiger partial charge is 0.384 e. The molecule has 0 aliphatic heterocycles. The lowest BCUT2D eigenvalue weighted by atomic mass is 10.2. The van der Waals surface area contributed by atoms with Crippen LogP contribution in [0, 0.1) is 11.8 Å². The molecule has 1 aromatic heterocycles. The molecule has 0 saturated carbocycles. The van der Waals surface area contributed by atoms with Crippen molar-refractivity contribution in [2.75, 3.05) is 11.3 Å². The van der Waals surface area contributed by atoms with Crippen LogP contribution in [-0.2, 0) is 10.0 Å². The van der Waals surface area contributed by atoms with Gasteiger partial charge in [-0.1, -0.05) is 23.4 Å². The van der Waals surface area contributed by atoms with Crippen LogP contribution < -0.4 is 4.72 Å². The first-order valence-electron chi connectivity index (χ1n) is 5.43. The van der Waals surface area contributed by atoms with Gasteiger partial charge in [-0.3, -0.25) is 4.72 Å². The predicted molar refractivity (Wildman–Crippen MR) is 74.8 cm³/mol. The summed E-state index contributed by atoms with van der Waals surface area (Å²) in [4.78, 5) is 6.16. The first-order valence-corrected chi connectivity index (χ1v) is 7.29. The molecule has 2 rings (SSSR count). The van der Waals surface area contributed by atoms with E-state index in [4.69, 9.17) is 16.7 Å². The van der Waals surface area contributed by atoms with Crippen molar-refractivity contribution in [3.05, 3.63) is 41.3 Å². The number of rotatable bonds is 3. The Morgan fingerprint density at radius 2 is 2.25 bits per heavy atom. The van der Waals surface area contributed by atoms with Crippen molar-refractivity contribution in [1.29, 1.82) is 0 Å². The second kappa shape index (κ2) is 5.96. The van der Waals surface area contributed by atoms with Crippen LogP contribution >= 0.6 is 11.6 Å². The second-order valence-corrected chi connectivity index (χ2v) is 5.76. The minimum absolute atomic E-state index is 0.0708. The molecular formula is C12H10ClN3O3S. The van der Waals surface area contributed by atoms with E-state index in [0.29, 0.717) is 10.6 Å². The van der Waals surface area contributed by atoms with Crippen LogP contribution in [0.2, 0.25) is 5.02 Å². The molecule has 0 amide bonds. The lowest BCUT2D eigenvalue weighted by Gasteiger charge is -2.08. The van der Waals surface area contributed by atoms with Gasteiger partial charge in [-0.25, -0.2) is 4.98 Å². The number of aliphatic hydroxyl groups excluding tert-OH is 1. The Kier molecular flexibility index (Phi) is 4.29. The van der Waals surface area contributed by atoms with E-state index in [0.717, 1.165) is 0 Å². The number of sulfonamides is 1. The molecule has 0 aliphatic rings. The second-order valence-electron chi connectivity index (χ2n) is 3.67. The van der Waals surface area contributed by atoms with Crippen molar-refractivity contribution in [3.8, 4) is 11.8 Å². The number of aromatic amines is 1. The molecule has 20 heavy (non-hydrogen) atoms. The van der Waals surface area contributed by atoms with E-state index in [1.807, 2.05) is 0 Å². The number of nitrogens with zero attached hydrogens (tertiary/aromatic N) is 1. The lowest BCUT2D eigenvalue weighted by Crippen LogP contribution is -2.14. The first kappa shape index (κ1) is 14.4. The zero-order valence-corrected chi connectivity index (χ0v) is 11.7. The number of aromatic nitrogens is 2. The van der Waals surface area contributed by atoms with Gasteiger partial charge in [-0.2, -0.15) is 8.42 Å². The van der Waals surface area contributed by atoms with Gasteiger partial charge in [0.1, 0.15) is 6.61 Å². The zero-order valence-electron chi connectivity index (χ0n) is 10.1. The number of hydrogen-bond acceptors (Lipinski definition) is 4. The van der Waals surface area contributed by atoms with Gasteiger partial charge in [-0.15, -0.1) is 0 Å². The van der Waals surface area contributed by atoms with Crippen molar-refractivity contribution in [2.45, 2.75) is 5.03 Å². The summed E-state index contributed by atoms with van der Waals surface area (Å²) in [5.74, 6) is 5.10. The summed E-state index contributed by atoms with van der Waals surface area (Å²) in [6, 6.07) is 4.59. The number of nitrogens with one attached hydrogen (secondary N) is 2. The highest BCUT2D eigenvalue weighted by Crippen LogP contribution is 2.23. The van der Waals surface area contributed by atoms with Crippen LogP contribution in [0.25, 0.3) is 0 Å². The third-order valence-electron chi connectivity index (χ3n) is 2.29. The molecule has 0 atom stereocenters. The number of anilines is 1. The molecule has 8 heteroatoms. The normalized spacial score (nSPS) is 10.7. The SMILES string of the molecule is O=S(=O)(Nc1cc(Cl)ccc1C#CCO)c1cnc[nH]1. The van der Waals surface area contributed by atoms with E-state index < -0.39 is 10.0 Å². The molecule has 0 saturated heterocycles. The van der Waals surface area contributed by atoms with Gasteiger partial charge in [0.15, 0.2) is 5.03 Å². The highest BCUT2D eigenvalue weighted by Gasteiger charge is 2.17. The number of aliphatic hydroxyl groups is 1. The molecule has 0 unspecified atom stereocenters. The van der Waals surface area contributed by atoms with E-state index in [9.17, 15) is 8.42 Å². The summed E-state index contributed by atoms with van der Waals surface area (Å²) in [5, 5.41) is 9.00. The fourth-order valence-electron chi connectivity index (χ4n) is 1.43. The van der Waals surface area contributed by atoms with Crippen molar-refractivity contribution in [3.63, 3.8) is 0 Å². The third kappa shape index (κ3) is 3.30. The quantitative estimate of drug-likeness (QED) is 0.742. The standard InChI is InChI=1S/C12H10ClN3O3S/c13-10-4-3-9(2-1-5-17)11(6-10)16-20(18,19)12-7-14-8-15-12/h3-4,6-8,16-17H,5H2,(H,14,15). The van der Waals surface area contributed by atoms with Gasteiger partial charge in [0.05, 0.1) is 18.2 Å². The molecule has 0 spiro atoms. The minimum atomic E-state index is -3.79. The van der Waals surface area contributed by atoms with E-state index in [-0.39, 0.29) is 17.3 Å².